The quantitative estimate of drug-likeness (QED) is 0.743. The van der Waals surface area contributed by atoms with Crippen molar-refractivity contribution in [2.24, 2.45) is 5.73 Å². The smallest absolute Gasteiger partial charge is 0.320 e. The second-order valence-corrected chi connectivity index (χ2v) is 3.48. The van der Waals surface area contributed by atoms with Crippen LogP contribution in [0.1, 0.15) is 12.5 Å². The van der Waals surface area contributed by atoms with Gasteiger partial charge in [0.05, 0.1) is 6.54 Å². The molecule has 0 spiro atoms. The summed E-state index contributed by atoms with van der Waals surface area (Å²) in [6.45, 7) is 1.19. The van der Waals surface area contributed by atoms with Crippen molar-refractivity contribution in [3.63, 3.8) is 0 Å². The molecule has 0 aliphatic rings. The van der Waals surface area contributed by atoms with Crippen LogP contribution in [0.3, 0.4) is 0 Å². The van der Waals surface area contributed by atoms with Crippen LogP contribution in [0.4, 0.5) is 0 Å². The summed E-state index contributed by atoms with van der Waals surface area (Å²) in [5.41, 5.74) is 6.08. The normalized spacial score (nSPS) is 11.9. The zero-order chi connectivity index (χ0) is 12.0. The van der Waals surface area contributed by atoms with Crippen LogP contribution in [0.2, 0.25) is 0 Å². The summed E-state index contributed by atoms with van der Waals surface area (Å²) < 4.78 is 4.95. The SMILES string of the molecule is CC(=O)C(Cc1ccccc1)OC(=O)CN. The van der Waals surface area contributed by atoms with E-state index in [2.05, 4.69) is 0 Å². The summed E-state index contributed by atoms with van der Waals surface area (Å²) in [6.07, 6.45) is -0.347. The zero-order valence-corrected chi connectivity index (χ0v) is 9.18. The van der Waals surface area contributed by atoms with E-state index in [1.807, 2.05) is 30.3 Å². The van der Waals surface area contributed by atoms with Crippen molar-refractivity contribution in [1.82, 2.24) is 0 Å². The van der Waals surface area contributed by atoms with Crippen LogP contribution in [-0.4, -0.2) is 24.4 Å². The number of rotatable bonds is 5. The average Bonchev–Trinajstić information content (AvgIpc) is 2.29. The molecule has 2 N–H and O–H groups in total. The van der Waals surface area contributed by atoms with Gasteiger partial charge in [-0.25, -0.2) is 0 Å². The molecule has 1 atom stereocenters. The third kappa shape index (κ3) is 3.82. The highest BCUT2D eigenvalue weighted by Crippen LogP contribution is 2.07. The minimum absolute atomic E-state index is 0.175. The summed E-state index contributed by atoms with van der Waals surface area (Å²) >= 11 is 0. The molecule has 0 heterocycles. The van der Waals surface area contributed by atoms with E-state index < -0.39 is 12.1 Å². The Hall–Kier alpha value is -1.68. The van der Waals surface area contributed by atoms with Crippen molar-refractivity contribution < 1.29 is 14.3 Å². The van der Waals surface area contributed by atoms with Crippen LogP contribution >= 0.6 is 0 Å². The maximum atomic E-state index is 11.3. The van der Waals surface area contributed by atoms with Gasteiger partial charge >= 0.3 is 5.97 Å². The number of carbonyl (C=O) groups excluding carboxylic acids is 2. The van der Waals surface area contributed by atoms with E-state index >= 15 is 0 Å². The molecule has 0 radical (unpaired) electrons. The fourth-order valence-corrected chi connectivity index (χ4v) is 1.30. The molecule has 0 saturated carbocycles. The van der Waals surface area contributed by atoms with Gasteiger partial charge < -0.3 is 10.5 Å². The highest BCUT2D eigenvalue weighted by Gasteiger charge is 2.18. The van der Waals surface area contributed by atoms with Gasteiger partial charge in [0.2, 0.25) is 0 Å². The molecule has 0 saturated heterocycles. The van der Waals surface area contributed by atoms with Gasteiger partial charge in [0, 0.05) is 6.42 Å². The number of benzene rings is 1. The molecule has 4 heteroatoms. The number of hydrogen-bond acceptors (Lipinski definition) is 4. The predicted octanol–water partition coefficient (Wildman–Crippen LogP) is 0.689. The number of esters is 1. The van der Waals surface area contributed by atoms with E-state index in [4.69, 9.17) is 10.5 Å². The Morgan fingerprint density at radius 3 is 2.44 bits per heavy atom. The highest BCUT2D eigenvalue weighted by molar-refractivity contribution is 5.84. The molecular formula is C12H15NO3. The third-order valence-corrected chi connectivity index (χ3v) is 2.16. The standard InChI is InChI=1S/C12H15NO3/c1-9(14)11(16-12(15)8-13)7-10-5-3-2-4-6-10/h2-6,11H,7-8,13H2,1H3. The second-order valence-electron chi connectivity index (χ2n) is 3.48. The molecule has 0 aliphatic heterocycles. The minimum atomic E-state index is -0.738. The monoisotopic (exact) mass is 221 g/mol. The molecule has 0 aliphatic carbocycles. The largest absolute Gasteiger partial charge is 0.453 e. The molecule has 4 nitrogen and oxygen atoms in total. The predicted molar refractivity (Wildman–Crippen MR) is 59.8 cm³/mol. The van der Waals surface area contributed by atoms with E-state index in [9.17, 15) is 9.59 Å². The Bertz CT molecular complexity index is 362. The van der Waals surface area contributed by atoms with Gasteiger partial charge in [-0.3, -0.25) is 9.59 Å². The molecule has 0 aromatic heterocycles. The topological polar surface area (TPSA) is 69.4 Å². The number of hydrogen-bond donors (Lipinski definition) is 1. The summed E-state index contributed by atoms with van der Waals surface area (Å²) in [5.74, 6) is -0.734. The first kappa shape index (κ1) is 12.4. The Balaban J connectivity index is 2.65. The van der Waals surface area contributed by atoms with Crippen molar-refractivity contribution >= 4 is 11.8 Å². The van der Waals surface area contributed by atoms with Crippen LogP contribution in [0, 0.1) is 0 Å². The number of Topliss-reactive ketones (excluding diaryl/α,β-unsaturated/α-hetero) is 1. The van der Waals surface area contributed by atoms with Gasteiger partial charge in [0.25, 0.3) is 0 Å². The fraction of sp³-hybridized carbons (Fsp3) is 0.333. The maximum absolute atomic E-state index is 11.3. The van der Waals surface area contributed by atoms with Gasteiger partial charge in [-0.15, -0.1) is 0 Å². The van der Waals surface area contributed by atoms with Crippen LogP contribution in [0.5, 0.6) is 0 Å². The Morgan fingerprint density at radius 2 is 1.94 bits per heavy atom. The second kappa shape index (κ2) is 6.02. The van der Waals surface area contributed by atoms with E-state index in [1.165, 1.54) is 6.92 Å². The highest BCUT2D eigenvalue weighted by atomic mass is 16.5. The van der Waals surface area contributed by atoms with Gasteiger partial charge in [-0.1, -0.05) is 30.3 Å². The molecule has 1 unspecified atom stereocenters. The first-order chi connectivity index (χ1) is 7.63. The summed E-state index contributed by atoms with van der Waals surface area (Å²) in [4.78, 5) is 22.3. The molecule has 0 fully saturated rings. The van der Waals surface area contributed by atoms with E-state index in [0.717, 1.165) is 5.56 Å². The van der Waals surface area contributed by atoms with Crippen LogP contribution in [0.15, 0.2) is 30.3 Å². The maximum Gasteiger partial charge on any atom is 0.320 e. The van der Waals surface area contributed by atoms with E-state index in [-0.39, 0.29) is 12.3 Å². The minimum Gasteiger partial charge on any atom is -0.453 e. The molecule has 1 aromatic carbocycles. The molecule has 1 rings (SSSR count). The summed E-state index contributed by atoms with van der Waals surface area (Å²) in [5, 5.41) is 0. The lowest BCUT2D eigenvalue weighted by Gasteiger charge is -2.14. The molecule has 16 heavy (non-hydrogen) atoms. The van der Waals surface area contributed by atoms with Gasteiger partial charge in [0.1, 0.15) is 0 Å². The van der Waals surface area contributed by atoms with Crippen molar-refractivity contribution in [3.8, 4) is 0 Å². The summed E-state index contributed by atoms with van der Waals surface area (Å²) in [7, 11) is 0. The Morgan fingerprint density at radius 1 is 1.31 bits per heavy atom. The molecule has 0 bridgehead atoms. The molecule has 86 valence electrons. The first-order valence-electron chi connectivity index (χ1n) is 5.07. The van der Waals surface area contributed by atoms with Crippen LogP contribution in [-0.2, 0) is 20.7 Å². The number of ether oxygens (including phenoxy) is 1. The molecule has 0 amide bonds. The Kier molecular flexibility index (Phi) is 4.66. The number of carbonyl (C=O) groups is 2. The molecular weight excluding hydrogens is 206 g/mol. The van der Waals surface area contributed by atoms with Gasteiger partial charge in [-0.05, 0) is 12.5 Å². The van der Waals surface area contributed by atoms with Gasteiger partial charge in [-0.2, -0.15) is 0 Å². The van der Waals surface area contributed by atoms with E-state index in [0.29, 0.717) is 6.42 Å². The fourth-order valence-electron chi connectivity index (χ4n) is 1.30. The van der Waals surface area contributed by atoms with Crippen molar-refractivity contribution in [1.29, 1.82) is 0 Å². The lowest BCUT2D eigenvalue weighted by atomic mass is 10.1. The Labute approximate surface area is 94.4 Å². The third-order valence-electron chi connectivity index (χ3n) is 2.16. The van der Waals surface area contributed by atoms with Crippen LogP contribution in [0.25, 0.3) is 0 Å². The lowest BCUT2D eigenvalue weighted by Crippen LogP contribution is -2.30. The van der Waals surface area contributed by atoms with Crippen molar-refractivity contribution in [2.45, 2.75) is 19.4 Å². The van der Waals surface area contributed by atoms with Crippen LogP contribution < -0.4 is 5.73 Å². The van der Waals surface area contributed by atoms with Gasteiger partial charge in [0.15, 0.2) is 11.9 Å². The first-order valence-corrected chi connectivity index (χ1v) is 5.07. The van der Waals surface area contributed by atoms with Crippen molar-refractivity contribution in [2.75, 3.05) is 6.54 Å². The zero-order valence-electron chi connectivity index (χ0n) is 9.18. The molecule has 1 aromatic rings. The number of nitrogens with two attached hydrogens (primary N) is 1. The average molecular weight is 221 g/mol. The number of ketones is 1. The lowest BCUT2D eigenvalue weighted by molar-refractivity contribution is -0.152. The summed E-state index contributed by atoms with van der Waals surface area (Å²) in [6, 6.07) is 9.39. The van der Waals surface area contributed by atoms with Crippen molar-refractivity contribution in [3.05, 3.63) is 35.9 Å². The van der Waals surface area contributed by atoms with E-state index in [1.54, 1.807) is 0 Å².